The number of likely N-dealkylation sites (tertiary alicyclic amines) is 1. The van der Waals surface area contributed by atoms with E-state index in [1.54, 1.807) is 12.4 Å². The van der Waals surface area contributed by atoms with Crippen LogP contribution in [0.3, 0.4) is 0 Å². The summed E-state index contributed by atoms with van der Waals surface area (Å²) in [5.74, 6) is 0.510. The SMILES string of the molecule is Cn1nccc1CCC(=O)N1CCC[C@@H](c2ccc3cn[nH]c3n2)C1. The molecular weight excluding hydrogens is 316 g/mol. The number of carbonyl (C=O) groups excluding carboxylic acids is 1. The average molecular weight is 338 g/mol. The molecule has 1 aliphatic heterocycles. The van der Waals surface area contributed by atoms with Gasteiger partial charge in [0.15, 0.2) is 5.65 Å². The number of piperidine rings is 1. The smallest absolute Gasteiger partial charge is 0.222 e. The van der Waals surface area contributed by atoms with E-state index in [2.05, 4.69) is 26.3 Å². The van der Waals surface area contributed by atoms with Gasteiger partial charge in [-0.2, -0.15) is 10.2 Å². The van der Waals surface area contributed by atoms with Crippen LogP contribution < -0.4 is 0 Å². The molecule has 7 heteroatoms. The fourth-order valence-corrected chi connectivity index (χ4v) is 3.55. The van der Waals surface area contributed by atoms with Crippen LogP contribution in [0.4, 0.5) is 0 Å². The molecule has 0 saturated carbocycles. The molecule has 1 N–H and O–H groups in total. The maximum atomic E-state index is 12.6. The molecule has 0 unspecified atom stereocenters. The van der Waals surface area contributed by atoms with E-state index in [4.69, 9.17) is 0 Å². The molecule has 3 aromatic rings. The second-order valence-electron chi connectivity index (χ2n) is 6.67. The van der Waals surface area contributed by atoms with Crippen LogP contribution in [0, 0.1) is 0 Å². The molecule has 0 aromatic carbocycles. The summed E-state index contributed by atoms with van der Waals surface area (Å²) in [4.78, 5) is 19.3. The molecule has 130 valence electrons. The third-order valence-electron chi connectivity index (χ3n) is 5.03. The first-order valence-corrected chi connectivity index (χ1v) is 8.75. The van der Waals surface area contributed by atoms with E-state index in [-0.39, 0.29) is 5.91 Å². The number of amides is 1. The number of hydrogen-bond donors (Lipinski definition) is 1. The van der Waals surface area contributed by atoms with E-state index in [1.165, 1.54) is 0 Å². The summed E-state index contributed by atoms with van der Waals surface area (Å²) in [5.41, 5.74) is 2.95. The quantitative estimate of drug-likeness (QED) is 0.789. The molecule has 1 fully saturated rings. The first-order valence-electron chi connectivity index (χ1n) is 8.75. The molecule has 25 heavy (non-hydrogen) atoms. The Kier molecular flexibility index (Phi) is 4.21. The monoisotopic (exact) mass is 338 g/mol. The van der Waals surface area contributed by atoms with Gasteiger partial charge >= 0.3 is 0 Å². The van der Waals surface area contributed by atoms with Crippen LogP contribution in [-0.4, -0.2) is 48.9 Å². The van der Waals surface area contributed by atoms with Crippen LogP contribution in [0.2, 0.25) is 0 Å². The first kappa shape index (κ1) is 15.8. The number of aryl methyl sites for hydroxylation is 2. The normalized spacial score (nSPS) is 18.0. The topological polar surface area (TPSA) is 79.7 Å². The van der Waals surface area contributed by atoms with Crippen molar-refractivity contribution in [3.05, 3.63) is 42.0 Å². The second-order valence-corrected chi connectivity index (χ2v) is 6.67. The van der Waals surface area contributed by atoms with E-state index < -0.39 is 0 Å². The van der Waals surface area contributed by atoms with Crippen molar-refractivity contribution in [1.82, 2.24) is 29.9 Å². The summed E-state index contributed by atoms with van der Waals surface area (Å²) in [6.07, 6.45) is 6.90. The summed E-state index contributed by atoms with van der Waals surface area (Å²) in [5, 5.41) is 12.1. The largest absolute Gasteiger partial charge is 0.342 e. The lowest BCUT2D eigenvalue weighted by molar-refractivity contribution is -0.132. The molecule has 1 aliphatic rings. The van der Waals surface area contributed by atoms with Gasteiger partial charge in [0.2, 0.25) is 5.91 Å². The van der Waals surface area contributed by atoms with Crippen LogP contribution in [-0.2, 0) is 18.3 Å². The molecule has 1 atom stereocenters. The van der Waals surface area contributed by atoms with Crippen LogP contribution >= 0.6 is 0 Å². The standard InChI is InChI=1S/C18H22N6O/c1-23-15(8-9-20-23)5-7-17(25)24-10-2-3-14(12-24)16-6-4-13-11-19-22-18(13)21-16/h4,6,8-9,11,14H,2-3,5,7,10,12H2,1H3,(H,19,21,22)/t14-/m1/s1. The van der Waals surface area contributed by atoms with Gasteiger partial charge in [0.25, 0.3) is 0 Å². The number of rotatable bonds is 4. The molecule has 3 aromatic heterocycles. The second kappa shape index (κ2) is 6.66. The van der Waals surface area contributed by atoms with Crippen LogP contribution in [0.5, 0.6) is 0 Å². The van der Waals surface area contributed by atoms with Crippen LogP contribution in [0.25, 0.3) is 11.0 Å². The Balaban J connectivity index is 1.41. The Labute approximate surface area is 146 Å². The van der Waals surface area contributed by atoms with E-state index in [0.717, 1.165) is 54.8 Å². The molecular formula is C18H22N6O. The van der Waals surface area contributed by atoms with E-state index in [1.807, 2.05) is 28.8 Å². The molecule has 7 nitrogen and oxygen atoms in total. The fraction of sp³-hybridized carbons (Fsp3) is 0.444. The minimum Gasteiger partial charge on any atom is -0.342 e. The summed E-state index contributed by atoms with van der Waals surface area (Å²) in [7, 11) is 1.91. The zero-order valence-electron chi connectivity index (χ0n) is 14.4. The highest BCUT2D eigenvalue weighted by molar-refractivity contribution is 5.77. The maximum Gasteiger partial charge on any atom is 0.222 e. The number of carbonyl (C=O) groups is 1. The molecule has 4 rings (SSSR count). The van der Waals surface area contributed by atoms with E-state index in [9.17, 15) is 4.79 Å². The Morgan fingerprint density at radius 2 is 2.28 bits per heavy atom. The number of nitrogens with one attached hydrogen (secondary N) is 1. The van der Waals surface area contributed by atoms with Crippen molar-refractivity contribution < 1.29 is 4.79 Å². The lowest BCUT2D eigenvalue weighted by atomic mass is 9.93. The molecule has 0 bridgehead atoms. The van der Waals surface area contributed by atoms with Gasteiger partial charge < -0.3 is 4.90 Å². The van der Waals surface area contributed by atoms with Gasteiger partial charge in [0.05, 0.1) is 6.20 Å². The van der Waals surface area contributed by atoms with Crippen molar-refractivity contribution in [2.24, 2.45) is 7.05 Å². The average Bonchev–Trinajstić information content (AvgIpc) is 3.27. The molecule has 1 saturated heterocycles. The molecule has 4 heterocycles. The summed E-state index contributed by atoms with van der Waals surface area (Å²) in [6, 6.07) is 6.08. The van der Waals surface area contributed by atoms with E-state index >= 15 is 0 Å². The van der Waals surface area contributed by atoms with E-state index in [0.29, 0.717) is 12.3 Å². The minimum absolute atomic E-state index is 0.216. The highest BCUT2D eigenvalue weighted by Gasteiger charge is 2.25. The van der Waals surface area contributed by atoms with Gasteiger partial charge in [-0.3, -0.25) is 14.6 Å². The first-order chi connectivity index (χ1) is 12.2. The Morgan fingerprint density at radius 1 is 1.36 bits per heavy atom. The number of aromatic nitrogens is 5. The summed E-state index contributed by atoms with van der Waals surface area (Å²) in [6.45, 7) is 1.59. The van der Waals surface area contributed by atoms with Crippen molar-refractivity contribution in [3.8, 4) is 0 Å². The van der Waals surface area contributed by atoms with Gasteiger partial charge in [-0.1, -0.05) is 0 Å². The number of aromatic amines is 1. The molecule has 0 spiro atoms. The number of nitrogens with zero attached hydrogens (tertiary/aromatic N) is 5. The van der Waals surface area contributed by atoms with Gasteiger partial charge in [0.1, 0.15) is 0 Å². The predicted molar refractivity (Wildman–Crippen MR) is 94.0 cm³/mol. The Morgan fingerprint density at radius 3 is 3.12 bits per heavy atom. The third-order valence-corrected chi connectivity index (χ3v) is 5.03. The molecule has 0 radical (unpaired) electrons. The van der Waals surface area contributed by atoms with Crippen molar-refractivity contribution in [1.29, 1.82) is 0 Å². The lowest BCUT2D eigenvalue weighted by Crippen LogP contribution is -2.39. The minimum atomic E-state index is 0.216. The van der Waals surface area contributed by atoms with Gasteiger partial charge in [-0.15, -0.1) is 0 Å². The zero-order chi connectivity index (χ0) is 17.2. The number of pyridine rings is 1. The van der Waals surface area contributed by atoms with Gasteiger partial charge in [-0.25, -0.2) is 4.98 Å². The van der Waals surface area contributed by atoms with Crippen LogP contribution in [0.15, 0.2) is 30.6 Å². The van der Waals surface area contributed by atoms with Crippen molar-refractivity contribution in [3.63, 3.8) is 0 Å². The van der Waals surface area contributed by atoms with Gasteiger partial charge in [-0.05, 0) is 37.5 Å². The summed E-state index contributed by atoms with van der Waals surface area (Å²) < 4.78 is 1.83. The Hall–Kier alpha value is -2.70. The third kappa shape index (κ3) is 3.26. The van der Waals surface area contributed by atoms with Gasteiger partial charge in [0, 0.05) is 55.4 Å². The molecule has 0 aliphatic carbocycles. The molecule has 1 amide bonds. The summed E-state index contributed by atoms with van der Waals surface area (Å²) >= 11 is 0. The number of fused-ring (bicyclic) bond motifs is 1. The predicted octanol–water partition coefficient (Wildman–Crippen LogP) is 2.03. The lowest BCUT2D eigenvalue weighted by Gasteiger charge is -2.32. The fourth-order valence-electron chi connectivity index (χ4n) is 3.55. The zero-order valence-corrected chi connectivity index (χ0v) is 14.4. The van der Waals surface area contributed by atoms with Crippen molar-refractivity contribution >= 4 is 16.9 Å². The Bertz CT molecular complexity index is 882. The highest BCUT2D eigenvalue weighted by atomic mass is 16.2. The highest BCUT2D eigenvalue weighted by Crippen LogP contribution is 2.27. The van der Waals surface area contributed by atoms with Crippen molar-refractivity contribution in [2.45, 2.75) is 31.6 Å². The number of H-pyrrole nitrogens is 1. The maximum absolute atomic E-state index is 12.6. The van der Waals surface area contributed by atoms with Crippen molar-refractivity contribution in [2.75, 3.05) is 13.1 Å². The number of hydrogen-bond acceptors (Lipinski definition) is 4. The van der Waals surface area contributed by atoms with Crippen LogP contribution in [0.1, 0.15) is 36.6 Å².